The molecule has 0 unspecified atom stereocenters. The SMILES string of the molecule is CC(C)S(=O)(=O)CCCn1cnn(C)c1=O. The Hall–Kier alpha value is -1.11. The number of hydrogen-bond acceptors (Lipinski definition) is 4. The van der Waals surface area contributed by atoms with Crippen LogP contribution in [0.2, 0.25) is 0 Å². The molecule has 0 saturated heterocycles. The second kappa shape index (κ2) is 4.82. The molecule has 0 fully saturated rings. The molecule has 0 spiro atoms. The van der Waals surface area contributed by atoms with Crippen molar-refractivity contribution in [2.45, 2.75) is 32.1 Å². The molecule has 0 atom stereocenters. The summed E-state index contributed by atoms with van der Waals surface area (Å²) in [5, 5.41) is 3.42. The maximum Gasteiger partial charge on any atom is 0.345 e. The van der Waals surface area contributed by atoms with E-state index in [0.717, 1.165) is 0 Å². The lowest BCUT2D eigenvalue weighted by molar-refractivity contribution is 0.574. The summed E-state index contributed by atoms with van der Waals surface area (Å²) in [5.41, 5.74) is -0.220. The standard InChI is InChI=1S/C9H17N3O3S/c1-8(2)16(14,15)6-4-5-12-7-10-11(3)9(12)13/h7-8H,4-6H2,1-3H3. The minimum atomic E-state index is -3.02. The predicted octanol–water partition coefficient (Wildman–Crippen LogP) is -0.205. The average molecular weight is 247 g/mol. The van der Waals surface area contributed by atoms with Crippen molar-refractivity contribution in [3.63, 3.8) is 0 Å². The van der Waals surface area contributed by atoms with Gasteiger partial charge in [0.05, 0.1) is 11.0 Å². The number of sulfone groups is 1. The average Bonchev–Trinajstić information content (AvgIpc) is 2.49. The third-order valence-corrected chi connectivity index (χ3v) is 4.73. The van der Waals surface area contributed by atoms with Crippen LogP contribution in [0.1, 0.15) is 20.3 Å². The summed E-state index contributed by atoms with van der Waals surface area (Å²) in [6.07, 6.45) is 1.86. The molecule has 16 heavy (non-hydrogen) atoms. The molecule has 0 aliphatic rings. The van der Waals surface area contributed by atoms with Gasteiger partial charge in [0.1, 0.15) is 6.33 Å². The Balaban J connectivity index is 2.55. The first kappa shape index (κ1) is 13.0. The molecule has 0 aromatic carbocycles. The van der Waals surface area contributed by atoms with Crippen molar-refractivity contribution in [3.8, 4) is 0 Å². The smallest absolute Gasteiger partial charge is 0.282 e. The minimum absolute atomic E-state index is 0.103. The highest BCUT2D eigenvalue weighted by atomic mass is 32.2. The van der Waals surface area contributed by atoms with Crippen molar-refractivity contribution in [2.24, 2.45) is 7.05 Å². The van der Waals surface area contributed by atoms with Gasteiger partial charge < -0.3 is 0 Å². The van der Waals surface area contributed by atoms with E-state index in [0.29, 0.717) is 13.0 Å². The van der Waals surface area contributed by atoms with Gasteiger partial charge in [-0.15, -0.1) is 0 Å². The fourth-order valence-corrected chi connectivity index (χ4v) is 2.25. The zero-order valence-corrected chi connectivity index (χ0v) is 10.6. The molecule has 7 heteroatoms. The summed E-state index contributed by atoms with van der Waals surface area (Å²) < 4.78 is 25.6. The molecule has 1 heterocycles. The van der Waals surface area contributed by atoms with Crippen LogP contribution in [0.4, 0.5) is 0 Å². The van der Waals surface area contributed by atoms with E-state index >= 15 is 0 Å². The molecule has 0 radical (unpaired) electrons. The largest absolute Gasteiger partial charge is 0.345 e. The number of rotatable bonds is 5. The van der Waals surface area contributed by atoms with Gasteiger partial charge in [-0.05, 0) is 20.3 Å². The van der Waals surface area contributed by atoms with Crippen LogP contribution in [-0.4, -0.2) is 33.8 Å². The van der Waals surface area contributed by atoms with E-state index in [4.69, 9.17) is 0 Å². The van der Waals surface area contributed by atoms with Crippen LogP contribution in [0.3, 0.4) is 0 Å². The fraction of sp³-hybridized carbons (Fsp3) is 0.778. The Morgan fingerprint density at radius 3 is 2.50 bits per heavy atom. The quantitative estimate of drug-likeness (QED) is 0.722. The normalized spacial score (nSPS) is 12.2. The zero-order chi connectivity index (χ0) is 12.3. The molecular formula is C9H17N3O3S. The first-order valence-electron chi connectivity index (χ1n) is 5.14. The summed E-state index contributed by atoms with van der Waals surface area (Å²) in [7, 11) is -1.46. The van der Waals surface area contributed by atoms with Gasteiger partial charge in [-0.3, -0.25) is 4.57 Å². The van der Waals surface area contributed by atoms with Crippen molar-refractivity contribution in [2.75, 3.05) is 5.75 Å². The molecule has 0 saturated carbocycles. The molecule has 0 N–H and O–H groups in total. The lowest BCUT2D eigenvalue weighted by Crippen LogP contribution is -2.24. The number of aromatic nitrogens is 3. The van der Waals surface area contributed by atoms with Gasteiger partial charge in [0.25, 0.3) is 0 Å². The maximum absolute atomic E-state index is 11.5. The van der Waals surface area contributed by atoms with Crippen LogP contribution in [0.5, 0.6) is 0 Å². The minimum Gasteiger partial charge on any atom is -0.282 e. The Morgan fingerprint density at radius 2 is 2.06 bits per heavy atom. The van der Waals surface area contributed by atoms with Gasteiger partial charge in [0, 0.05) is 13.6 Å². The second-order valence-electron chi connectivity index (χ2n) is 4.00. The van der Waals surface area contributed by atoms with Crippen LogP contribution in [0.15, 0.2) is 11.1 Å². The highest BCUT2D eigenvalue weighted by molar-refractivity contribution is 7.91. The summed E-state index contributed by atoms with van der Waals surface area (Å²) in [6.45, 7) is 3.70. The number of nitrogens with zero attached hydrogens (tertiary/aromatic N) is 3. The lowest BCUT2D eigenvalue weighted by Gasteiger charge is -2.06. The Bertz CT molecular complexity index is 498. The first-order valence-corrected chi connectivity index (χ1v) is 6.86. The molecule has 0 aliphatic carbocycles. The molecule has 1 aromatic heterocycles. The third kappa shape index (κ3) is 2.94. The van der Waals surface area contributed by atoms with E-state index in [-0.39, 0.29) is 16.7 Å². The van der Waals surface area contributed by atoms with Gasteiger partial charge in [0.2, 0.25) is 0 Å². The van der Waals surface area contributed by atoms with Gasteiger partial charge in [-0.2, -0.15) is 5.10 Å². The van der Waals surface area contributed by atoms with E-state index in [1.54, 1.807) is 20.9 Å². The maximum atomic E-state index is 11.5. The summed E-state index contributed by atoms with van der Waals surface area (Å²) in [4.78, 5) is 11.4. The van der Waals surface area contributed by atoms with Crippen molar-refractivity contribution < 1.29 is 8.42 Å². The first-order chi connectivity index (χ1) is 7.34. The van der Waals surface area contributed by atoms with Gasteiger partial charge in [0.15, 0.2) is 9.84 Å². The number of aryl methyl sites for hydroxylation is 2. The van der Waals surface area contributed by atoms with E-state index in [2.05, 4.69) is 5.10 Å². The number of hydrogen-bond donors (Lipinski definition) is 0. The molecule has 6 nitrogen and oxygen atoms in total. The van der Waals surface area contributed by atoms with Crippen LogP contribution in [0, 0.1) is 0 Å². The van der Waals surface area contributed by atoms with Gasteiger partial charge in [-0.25, -0.2) is 17.9 Å². The van der Waals surface area contributed by atoms with Crippen molar-refractivity contribution >= 4 is 9.84 Å². The van der Waals surface area contributed by atoms with E-state index in [1.807, 2.05) is 0 Å². The van der Waals surface area contributed by atoms with Crippen LogP contribution < -0.4 is 5.69 Å². The van der Waals surface area contributed by atoms with Crippen LogP contribution >= 0.6 is 0 Å². The third-order valence-electron chi connectivity index (χ3n) is 2.43. The fourth-order valence-electron chi connectivity index (χ4n) is 1.25. The van der Waals surface area contributed by atoms with E-state index < -0.39 is 9.84 Å². The van der Waals surface area contributed by atoms with Crippen LogP contribution in [-0.2, 0) is 23.4 Å². The molecule has 0 amide bonds. The molecule has 0 bridgehead atoms. The Kier molecular flexibility index (Phi) is 3.90. The molecular weight excluding hydrogens is 230 g/mol. The van der Waals surface area contributed by atoms with Gasteiger partial charge >= 0.3 is 5.69 Å². The van der Waals surface area contributed by atoms with E-state index in [1.165, 1.54) is 15.6 Å². The van der Waals surface area contributed by atoms with Crippen LogP contribution in [0.25, 0.3) is 0 Å². The highest BCUT2D eigenvalue weighted by Gasteiger charge is 2.15. The predicted molar refractivity (Wildman–Crippen MR) is 61.0 cm³/mol. The molecule has 92 valence electrons. The topological polar surface area (TPSA) is 74.0 Å². The van der Waals surface area contributed by atoms with Crippen molar-refractivity contribution in [3.05, 3.63) is 16.8 Å². The zero-order valence-electron chi connectivity index (χ0n) is 9.75. The van der Waals surface area contributed by atoms with Crippen molar-refractivity contribution in [1.82, 2.24) is 14.3 Å². The Morgan fingerprint density at radius 1 is 1.44 bits per heavy atom. The molecule has 0 aliphatic heterocycles. The second-order valence-corrected chi connectivity index (χ2v) is 6.68. The van der Waals surface area contributed by atoms with Gasteiger partial charge in [-0.1, -0.05) is 0 Å². The highest BCUT2D eigenvalue weighted by Crippen LogP contribution is 2.03. The van der Waals surface area contributed by atoms with E-state index in [9.17, 15) is 13.2 Å². The van der Waals surface area contributed by atoms with Crippen molar-refractivity contribution in [1.29, 1.82) is 0 Å². The summed E-state index contributed by atoms with van der Waals surface area (Å²) in [6, 6.07) is 0. The lowest BCUT2D eigenvalue weighted by atomic mass is 10.5. The Labute approximate surface area is 94.8 Å². The monoisotopic (exact) mass is 247 g/mol. The summed E-state index contributed by atoms with van der Waals surface area (Å²) >= 11 is 0. The molecule has 1 aromatic rings. The molecule has 1 rings (SSSR count). The summed E-state index contributed by atoms with van der Waals surface area (Å²) in [5.74, 6) is 0.103.